The molecule has 0 saturated carbocycles. The van der Waals surface area contributed by atoms with Gasteiger partial charge in [-0.05, 0) is 18.9 Å². The molecule has 2 amide bonds. The van der Waals surface area contributed by atoms with Crippen LogP contribution in [0.25, 0.3) is 0 Å². The Morgan fingerprint density at radius 3 is 2.79 bits per heavy atom. The number of nitrogens with one attached hydrogen (secondary N) is 1. The van der Waals surface area contributed by atoms with Crippen molar-refractivity contribution in [2.45, 2.75) is 32.6 Å². The lowest BCUT2D eigenvalue weighted by Crippen LogP contribution is -2.28. The van der Waals surface area contributed by atoms with E-state index in [4.69, 9.17) is 4.74 Å². The van der Waals surface area contributed by atoms with Gasteiger partial charge in [0, 0.05) is 39.0 Å². The third-order valence-corrected chi connectivity index (χ3v) is 3.75. The number of benzene rings is 1. The van der Waals surface area contributed by atoms with E-state index in [0.717, 1.165) is 24.1 Å². The van der Waals surface area contributed by atoms with Crippen LogP contribution in [-0.2, 0) is 14.3 Å². The highest BCUT2D eigenvalue weighted by molar-refractivity contribution is 6.02. The van der Waals surface area contributed by atoms with Crippen LogP contribution in [0.4, 0.5) is 0 Å². The predicted octanol–water partition coefficient (Wildman–Crippen LogP) is 1.95. The molecule has 2 rings (SSSR count). The number of amides is 2. The van der Waals surface area contributed by atoms with Crippen molar-refractivity contribution < 1.29 is 14.3 Å². The lowest BCUT2D eigenvalue weighted by molar-refractivity contribution is -0.133. The number of rotatable bonds is 9. The smallest absolute Gasteiger partial charge is 0.243 e. The summed E-state index contributed by atoms with van der Waals surface area (Å²) in [6.07, 6.45) is 1.91. The number of nitrogens with zero attached hydrogens (tertiary/aromatic N) is 2. The molecule has 0 bridgehead atoms. The summed E-state index contributed by atoms with van der Waals surface area (Å²) >= 11 is 0. The van der Waals surface area contributed by atoms with E-state index in [1.54, 1.807) is 0 Å². The molecule has 1 heterocycles. The van der Waals surface area contributed by atoms with Crippen LogP contribution in [-0.4, -0.2) is 48.8 Å². The molecule has 1 aromatic rings. The minimum atomic E-state index is -0.106. The lowest BCUT2D eigenvalue weighted by Gasteiger charge is -2.11. The monoisotopic (exact) mass is 331 g/mol. The standard InChI is InChI=1S/C18H25N3O3/c1-2-24-14-6-12-19-17(22)9-10-18(23)21-13-11-16(20-21)15-7-4-3-5-8-15/h3-5,7-8H,2,6,9-14H2,1H3,(H,19,22). The minimum absolute atomic E-state index is 0.105. The summed E-state index contributed by atoms with van der Waals surface area (Å²) < 4.78 is 5.20. The Morgan fingerprint density at radius 1 is 1.25 bits per heavy atom. The summed E-state index contributed by atoms with van der Waals surface area (Å²) in [5, 5.41) is 8.66. The van der Waals surface area contributed by atoms with Crippen molar-refractivity contribution in [1.82, 2.24) is 10.3 Å². The summed E-state index contributed by atoms with van der Waals surface area (Å²) in [5.41, 5.74) is 1.96. The fourth-order valence-corrected chi connectivity index (χ4v) is 2.45. The Balaban J connectivity index is 1.69. The topological polar surface area (TPSA) is 71.0 Å². The van der Waals surface area contributed by atoms with Gasteiger partial charge in [0.15, 0.2) is 0 Å². The molecule has 0 aliphatic carbocycles. The molecule has 1 N–H and O–H groups in total. The lowest BCUT2D eigenvalue weighted by atomic mass is 10.1. The van der Waals surface area contributed by atoms with Crippen molar-refractivity contribution in [2.75, 3.05) is 26.3 Å². The van der Waals surface area contributed by atoms with Gasteiger partial charge < -0.3 is 10.1 Å². The fraction of sp³-hybridized carbons (Fsp3) is 0.500. The van der Waals surface area contributed by atoms with Crippen LogP contribution in [0.5, 0.6) is 0 Å². The van der Waals surface area contributed by atoms with E-state index >= 15 is 0 Å². The molecule has 0 spiro atoms. The van der Waals surface area contributed by atoms with Crippen molar-refractivity contribution in [1.29, 1.82) is 0 Å². The highest BCUT2D eigenvalue weighted by Crippen LogP contribution is 2.14. The van der Waals surface area contributed by atoms with E-state index in [2.05, 4.69) is 10.4 Å². The van der Waals surface area contributed by atoms with Crippen molar-refractivity contribution in [3.05, 3.63) is 35.9 Å². The maximum absolute atomic E-state index is 12.2. The number of hydrogen-bond donors (Lipinski definition) is 1. The molecule has 1 aliphatic rings. The number of carbonyl (C=O) groups is 2. The molecule has 0 fully saturated rings. The van der Waals surface area contributed by atoms with Gasteiger partial charge in [-0.2, -0.15) is 5.10 Å². The number of hydrogen-bond acceptors (Lipinski definition) is 4. The van der Waals surface area contributed by atoms with E-state index in [9.17, 15) is 9.59 Å². The van der Waals surface area contributed by atoms with Crippen molar-refractivity contribution in [2.24, 2.45) is 5.10 Å². The number of carbonyl (C=O) groups excluding carboxylic acids is 2. The Kier molecular flexibility index (Phi) is 7.42. The van der Waals surface area contributed by atoms with Crippen LogP contribution in [0.1, 0.15) is 38.2 Å². The molecule has 1 aromatic carbocycles. The average molecular weight is 331 g/mol. The Bertz CT molecular complexity index is 572. The van der Waals surface area contributed by atoms with Gasteiger partial charge in [-0.15, -0.1) is 0 Å². The molecule has 0 aromatic heterocycles. The quantitative estimate of drug-likeness (QED) is 0.703. The zero-order chi connectivity index (χ0) is 17.2. The second-order valence-corrected chi connectivity index (χ2v) is 5.58. The second-order valence-electron chi connectivity index (χ2n) is 5.58. The minimum Gasteiger partial charge on any atom is -0.382 e. The summed E-state index contributed by atoms with van der Waals surface area (Å²) in [5.74, 6) is -0.211. The van der Waals surface area contributed by atoms with E-state index in [1.165, 1.54) is 5.01 Å². The van der Waals surface area contributed by atoms with Gasteiger partial charge in [-0.1, -0.05) is 30.3 Å². The first kappa shape index (κ1) is 18.1. The molecule has 24 heavy (non-hydrogen) atoms. The summed E-state index contributed by atoms with van der Waals surface area (Å²) in [6.45, 7) is 4.42. The molecule has 130 valence electrons. The van der Waals surface area contributed by atoms with Crippen LogP contribution < -0.4 is 5.32 Å². The molecule has 0 radical (unpaired) electrons. The van der Waals surface area contributed by atoms with E-state index in [-0.39, 0.29) is 24.7 Å². The van der Waals surface area contributed by atoms with Crippen LogP contribution in [0, 0.1) is 0 Å². The normalized spacial score (nSPS) is 13.7. The molecule has 0 saturated heterocycles. The van der Waals surface area contributed by atoms with Crippen LogP contribution in [0.15, 0.2) is 35.4 Å². The SMILES string of the molecule is CCOCCCNC(=O)CCC(=O)N1CCC(c2ccccc2)=N1. The molecule has 6 nitrogen and oxygen atoms in total. The second kappa shape index (κ2) is 9.82. The summed E-state index contributed by atoms with van der Waals surface area (Å²) in [6, 6.07) is 9.84. The molecule has 1 aliphatic heterocycles. The Hall–Kier alpha value is -2.21. The zero-order valence-electron chi connectivity index (χ0n) is 14.2. The molecular weight excluding hydrogens is 306 g/mol. The van der Waals surface area contributed by atoms with Gasteiger partial charge in [0.1, 0.15) is 0 Å². The first-order chi connectivity index (χ1) is 11.7. The van der Waals surface area contributed by atoms with Gasteiger partial charge in [0.05, 0.1) is 12.3 Å². The summed E-state index contributed by atoms with van der Waals surface area (Å²) in [7, 11) is 0. The van der Waals surface area contributed by atoms with Gasteiger partial charge in [0.2, 0.25) is 11.8 Å². The molecule has 0 atom stereocenters. The fourth-order valence-electron chi connectivity index (χ4n) is 2.45. The number of ether oxygens (including phenoxy) is 1. The Labute approximate surface area is 142 Å². The Morgan fingerprint density at radius 2 is 2.04 bits per heavy atom. The highest BCUT2D eigenvalue weighted by Gasteiger charge is 2.21. The van der Waals surface area contributed by atoms with E-state index in [1.807, 2.05) is 37.3 Å². The van der Waals surface area contributed by atoms with Crippen molar-refractivity contribution in [3.8, 4) is 0 Å². The third kappa shape index (κ3) is 5.77. The van der Waals surface area contributed by atoms with E-state index < -0.39 is 0 Å². The van der Waals surface area contributed by atoms with Crippen molar-refractivity contribution in [3.63, 3.8) is 0 Å². The molecular formula is C18H25N3O3. The van der Waals surface area contributed by atoms with Gasteiger partial charge >= 0.3 is 0 Å². The molecule has 6 heteroatoms. The van der Waals surface area contributed by atoms with Gasteiger partial charge in [-0.3, -0.25) is 9.59 Å². The summed E-state index contributed by atoms with van der Waals surface area (Å²) in [4.78, 5) is 23.9. The third-order valence-electron chi connectivity index (χ3n) is 3.75. The first-order valence-electron chi connectivity index (χ1n) is 8.48. The van der Waals surface area contributed by atoms with Crippen LogP contribution in [0.2, 0.25) is 0 Å². The van der Waals surface area contributed by atoms with Gasteiger partial charge in [0.25, 0.3) is 0 Å². The number of hydrazone groups is 1. The maximum Gasteiger partial charge on any atom is 0.243 e. The maximum atomic E-state index is 12.2. The van der Waals surface area contributed by atoms with E-state index in [0.29, 0.717) is 26.3 Å². The van der Waals surface area contributed by atoms with Crippen LogP contribution in [0.3, 0.4) is 0 Å². The predicted molar refractivity (Wildman–Crippen MR) is 92.7 cm³/mol. The first-order valence-corrected chi connectivity index (χ1v) is 8.48. The van der Waals surface area contributed by atoms with Crippen LogP contribution >= 0.6 is 0 Å². The van der Waals surface area contributed by atoms with Crippen molar-refractivity contribution >= 4 is 17.5 Å². The zero-order valence-corrected chi connectivity index (χ0v) is 14.2. The average Bonchev–Trinajstić information content (AvgIpc) is 3.10. The highest BCUT2D eigenvalue weighted by atomic mass is 16.5. The molecule has 0 unspecified atom stereocenters. The van der Waals surface area contributed by atoms with Gasteiger partial charge in [-0.25, -0.2) is 5.01 Å². The largest absolute Gasteiger partial charge is 0.382 e.